The smallest absolute Gasteiger partial charge is 0.416 e. The molecule has 1 fully saturated rings. The first-order valence-corrected chi connectivity index (χ1v) is 10.5. The van der Waals surface area contributed by atoms with Crippen LogP contribution in [0.5, 0.6) is 11.5 Å². The Morgan fingerprint density at radius 3 is 2.56 bits per heavy atom. The number of fused-ring (bicyclic) bond motifs is 1. The number of alkyl halides is 3. The van der Waals surface area contributed by atoms with Gasteiger partial charge in [-0.05, 0) is 61.7 Å². The minimum Gasteiger partial charge on any atom is -0.457 e. The molecule has 2 aliphatic rings. The first-order valence-electron chi connectivity index (χ1n) is 10.5. The number of carbonyl (C=O) groups is 2. The van der Waals surface area contributed by atoms with Gasteiger partial charge in [0.25, 0.3) is 5.91 Å². The molecule has 0 bridgehead atoms. The number of amides is 2. The van der Waals surface area contributed by atoms with Gasteiger partial charge in [0, 0.05) is 36.8 Å². The van der Waals surface area contributed by atoms with Crippen molar-refractivity contribution in [2.45, 2.75) is 31.5 Å². The highest BCUT2D eigenvalue weighted by molar-refractivity contribution is 5.97. The number of ether oxygens (including phenoxy) is 1. The molecule has 0 aromatic heterocycles. The maximum absolute atomic E-state index is 13.2. The van der Waals surface area contributed by atoms with Gasteiger partial charge in [0.05, 0.1) is 5.56 Å². The van der Waals surface area contributed by atoms with Crippen molar-refractivity contribution in [1.29, 1.82) is 0 Å². The largest absolute Gasteiger partial charge is 0.457 e. The highest BCUT2D eigenvalue weighted by atomic mass is 19.4. The van der Waals surface area contributed by atoms with E-state index in [1.165, 1.54) is 18.2 Å². The Bertz CT molecular complexity index is 1030. The van der Waals surface area contributed by atoms with Crippen molar-refractivity contribution >= 4 is 11.8 Å². The number of halogens is 3. The summed E-state index contributed by atoms with van der Waals surface area (Å²) in [6.07, 6.45) is -0.919. The molecule has 0 radical (unpaired) electrons. The van der Waals surface area contributed by atoms with Gasteiger partial charge in [0.1, 0.15) is 11.5 Å². The van der Waals surface area contributed by atoms with E-state index in [0.29, 0.717) is 37.4 Å². The summed E-state index contributed by atoms with van der Waals surface area (Å²) in [5, 5.41) is 0. The zero-order chi connectivity index (χ0) is 22.9. The van der Waals surface area contributed by atoms with Gasteiger partial charge in [0.15, 0.2) is 0 Å². The van der Waals surface area contributed by atoms with E-state index in [1.54, 1.807) is 23.1 Å². The van der Waals surface area contributed by atoms with Crippen LogP contribution in [0.25, 0.3) is 0 Å². The van der Waals surface area contributed by atoms with Gasteiger partial charge in [0.2, 0.25) is 5.91 Å². The molecule has 4 rings (SSSR count). The average Bonchev–Trinajstić information content (AvgIpc) is 2.79. The molecule has 168 valence electrons. The summed E-state index contributed by atoms with van der Waals surface area (Å²) in [7, 11) is 0. The van der Waals surface area contributed by atoms with Gasteiger partial charge in [-0.15, -0.1) is 0 Å². The van der Waals surface area contributed by atoms with Crippen LogP contribution >= 0.6 is 0 Å². The molecule has 2 aromatic rings. The molecule has 0 saturated carbocycles. The fourth-order valence-electron chi connectivity index (χ4n) is 4.33. The second-order valence-corrected chi connectivity index (χ2v) is 7.94. The molecule has 0 aliphatic carbocycles. The predicted molar refractivity (Wildman–Crippen MR) is 112 cm³/mol. The lowest BCUT2D eigenvalue weighted by Gasteiger charge is -2.41. The summed E-state index contributed by atoms with van der Waals surface area (Å²) >= 11 is 0. The van der Waals surface area contributed by atoms with Gasteiger partial charge in [-0.3, -0.25) is 9.59 Å². The Hall–Kier alpha value is -3.29. The molecule has 2 aromatic carbocycles. The Kier molecular flexibility index (Phi) is 5.95. The topological polar surface area (TPSA) is 49.9 Å². The highest BCUT2D eigenvalue weighted by Crippen LogP contribution is 2.35. The number of carbonyl (C=O) groups excluding carboxylic acids is 2. The van der Waals surface area contributed by atoms with E-state index in [9.17, 15) is 22.8 Å². The minimum absolute atomic E-state index is 0.0622. The zero-order valence-electron chi connectivity index (χ0n) is 17.4. The molecule has 2 heterocycles. The van der Waals surface area contributed by atoms with E-state index in [0.717, 1.165) is 30.5 Å². The van der Waals surface area contributed by atoms with Gasteiger partial charge in [-0.2, -0.15) is 13.2 Å². The molecule has 2 amide bonds. The van der Waals surface area contributed by atoms with E-state index in [2.05, 4.69) is 6.58 Å². The summed E-state index contributed by atoms with van der Waals surface area (Å²) < 4.78 is 44.2. The van der Waals surface area contributed by atoms with Crippen LogP contribution in [-0.2, 0) is 17.4 Å². The van der Waals surface area contributed by atoms with Crippen LogP contribution in [0, 0.1) is 0 Å². The van der Waals surface area contributed by atoms with Crippen molar-refractivity contribution < 1.29 is 27.5 Å². The molecule has 5 nitrogen and oxygen atoms in total. The first-order chi connectivity index (χ1) is 15.3. The Labute approximate surface area is 184 Å². The second kappa shape index (κ2) is 8.68. The van der Waals surface area contributed by atoms with Gasteiger partial charge < -0.3 is 14.5 Å². The number of hydrogen-bond donors (Lipinski definition) is 0. The lowest BCUT2D eigenvalue weighted by Crippen LogP contribution is -2.53. The SMILES string of the molecule is C=CC(=O)N1CCCC(N2CCc3c(Oc4ccc(C(F)(F)F)cc4)cccc3C2=O)C1. The van der Waals surface area contributed by atoms with Crippen LogP contribution in [0.3, 0.4) is 0 Å². The standard InChI is InChI=1S/C24H23F3N2O3/c1-2-22(30)28-13-4-5-17(15-28)29-14-12-19-20(23(29)31)6-3-7-21(19)32-18-10-8-16(9-11-18)24(25,26)27/h2-3,6-11,17H,1,4-5,12-15H2. The number of rotatable bonds is 4. The maximum Gasteiger partial charge on any atom is 0.416 e. The highest BCUT2D eigenvalue weighted by Gasteiger charge is 2.35. The summed E-state index contributed by atoms with van der Waals surface area (Å²) in [5.41, 5.74) is 0.513. The van der Waals surface area contributed by atoms with E-state index < -0.39 is 11.7 Å². The molecule has 8 heteroatoms. The molecule has 0 N–H and O–H groups in total. The van der Waals surface area contributed by atoms with Crippen LogP contribution in [-0.4, -0.2) is 47.3 Å². The second-order valence-electron chi connectivity index (χ2n) is 7.94. The number of nitrogens with zero attached hydrogens (tertiary/aromatic N) is 2. The van der Waals surface area contributed by atoms with Crippen LogP contribution < -0.4 is 4.74 Å². The molecule has 0 spiro atoms. The molecule has 1 saturated heterocycles. The van der Waals surface area contributed by atoms with E-state index >= 15 is 0 Å². The molecule has 1 unspecified atom stereocenters. The predicted octanol–water partition coefficient (Wildman–Crippen LogP) is 4.67. The lowest BCUT2D eigenvalue weighted by atomic mass is 9.94. The fraction of sp³-hybridized carbons (Fsp3) is 0.333. The number of piperidine rings is 1. The first kappa shape index (κ1) is 21.9. The summed E-state index contributed by atoms with van der Waals surface area (Å²) in [6.45, 7) is 5.16. The zero-order valence-corrected chi connectivity index (χ0v) is 17.4. The third kappa shape index (κ3) is 4.35. The molecule has 2 aliphatic heterocycles. The summed E-state index contributed by atoms with van der Waals surface area (Å²) in [5.74, 6) is 0.475. The van der Waals surface area contributed by atoms with E-state index in [1.807, 2.05) is 4.90 Å². The molecule has 1 atom stereocenters. The molecular formula is C24H23F3N2O3. The van der Waals surface area contributed by atoms with Crippen LogP contribution in [0.2, 0.25) is 0 Å². The van der Waals surface area contributed by atoms with Gasteiger partial charge >= 0.3 is 6.18 Å². The van der Waals surface area contributed by atoms with Crippen molar-refractivity contribution in [1.82, 2.24) is 9.80 Å². The minimum atomic E-state index is -4.41. The van der Waals surface area contributed by atoms with Gasteiger partial charge in [-0.1, -0.05) is 12.6 Å². The van der Waals surface area contributed by atoms with Crippen LogP contribution in [0.15, 0.2) is 55.1 Å². The summed E-state index contributed by atoms with van der Waals surface area (Å²) in [4.78, 5) is 28.8. The third-order valence-corrected chi connectivity index (χ3v) is 5.96. The van der Waals surface area contributed by atoms with Crippen molar-refractivity contribution in [2.24, 2.45) is 0 Å². The Morgan fingerprint density at radius 2 is 1.88 bits per heavy atom. The Morgan fingerprint density at radius 1 is 1.12 bits per heavy atom. The lowest BCUT2D eigenvalue weighted by molar-refractivity contribution is -0.137. The van der Waals surface area contributed by atoms with Crippen molar-refractivity contribution in [3.8, 4) is 11.5 Å². The van der Waals surface area contributed by atoms with Crippen LogP contribution in [0.4, 0.5) is 13.2 Å². The molecular weight excluding hydrogens is 421 g/mol. The van der Waals surface area contributed by atoms with Crippen molar-refractivity contribution in [3.63, 3.8) is 0 Å². The van der Waals surface area contributed by atoms with Crippen molar-refractivity contribution in [2.75, 3.05) is 19.6 Å². The number of benzene rings is 2. The third-order valence-electron chi connectivity index (χ3n) is 5.96. The normalized spacial score (nSPS) is 18.8. The van der Waals surface area contributed by atoms with E-state index in [4.69, 9.17) is 4.74 Å². The van der Waals surface area contributed by atoms with Crippen molar-refractivity contribution in [3.05, 3.63) is 71.8 Å². The fourth-order valence-corrected chi connectivity index (χ4v) is 4.33. The van der Waals surface area contributed by atoms with Gasteiger partial charge in [-0.25, -0.2) is 0 Å². The van der Waals surface area contributed by atoms with E-state index in [-0.39, 0.29) is 23.6 Å². The Balaban J connectivity index is 1.52. The van der Waals surface area contributed by atoms with Crippen LogP contribution in [0.1, 0.15) is 34.3 Å². The quantitative estimate of drug-likeness (QED) is 0.644. The average molecular weight is 444 g/mol. The number of likely N-dealkylation sites (tertiary alicyclic amines) is 1. The summed E-state index contributed by atoms with van der Waals surface area (Å²) in [6, 6.07) is 9.57. The monoisotopic (exact) mass is 444 g/mol. The maximum atomic E-state index is 13.2. The molecule has 32 heavy (non-hydrogen) atoms. The number of hydrogen-bond acceptors (Lipinski definition) is 3.